The minimum atomic E-state index is -0.0316. The van der Waals surface area contributed by atoms with Crippen molar-refractivity contribution >= 4 is 0 Å². The number of para-hydroxylation sites is 1. The van der Waals surface area contributed by atoms with Crippen LogP contribution in [0.5, 0.6) is 17.2 Å². The number of ether oxygens (including phenoxy) is 2. The SMILES string of the molecule is CCCC(N)c1cc(Oc2ccccc2)ccc1OCC. The minimum Gasteiger partial charge on any atom is -0.494 e. The molecule has 0 aliphatic rings. The van der Waals surface area contributed by atoms with Crippen LogP contribution in [0.25, 0.3) is 0 Å². The molecule has 0 bridgehead atoms. The summed E-state index contributed by atoms with van der Waals surface area (Å²) in [7, 11) is 0. The summed E-state index contributed by atoms with van der Waals surface area (Å²) in [5.41, 5.74) is 7.27. The van der Waals surface area contributed by atoms with Crippen LogP contribution in [-0.2, 0) is 0 Å². The van der Waals surface area contributed by atoms with Gasteiger partial charge in [0.1, 0.15) is 17.2 Å². The lowest BCUT2D eigenvalue weighted by Crippen LogP contribution is -2.12. The average molecular weight is 285 g/mol. The molecular formula is C18H23NO2. The van der Waals surface area contributed by atoms with Gasteiger partial charge in [-0.1, -0.05) is 31.5 Å². The van der Waals surface area contributed by atoms with Crippen molar-refractivity contribution < 1.29 is 9.47 Å². The van der Waals surface area contributed by atoms with E-state index in [0.717, 1.165) is 35.7 Å². The van der Waals surface area contributed by atoms with Gasteiger partial charge in [0, 0.05) is 11.6 Å². The second kappa shape index (κ2) is 7.70. The first-order valence-electron chi connectivity index (χ1n) is 7.49. The fourth-order valence-corrected chi connectivity index (χ4v) is 2.26. The molecule has 21 heavy (non-hydrogen) atoms. The Bertz CT molecular complexity index is 554. The molecule has 1 atom stereocenters. The summed E-state index contributed by atoms with van der Waals surface area (Å²) in [6.07, 6.45) is 1.96. The molecule has 0 radical (unpaired) electrons. The number of hydrogen-bond acceptors (Lipinski definition) is 3. The lowest BCUT2D eigenvalue weighted by molar-refractivity contribution is 0.332. The Morgan fingerprint density at radius 3 is 2.43 bits per heavy atom. The van der Waals surface area contributed by atoms with Gasteiger partial charge in [0.15, 0.2) is 0 Å². The van der Waals surface area contributed by atoms with Crippen molar-refractivity contribution in [1.82, 2.24) is 0 Å². The molecule has 0 fully saturated rings. The normalized spacial score (nSPS) is 12.0. The maximum atomic E-state index is 6.26. The summed E-state index contributed by atoms with van der Waals surface area (Å²) >= 11 is 0. The third kappa shape index (κ3) is 4.23. The number of benzene rings is 2. The van der Waals surface area contributed by atoms with Crippen LogP contribution in [0.1, 0.15) is 38.3 Å². The monoisotopic (exact) mass is 285 g/mol. The second-order valence-corrected chi connectivity index (χ2v) is 4.94. The van der Waals surface area contributed by atoms with E-state index < -0.39 is 0 Å². The third-order valence-electron chi connectivity index (χ3n) is 3.26. The van der Waals surface area contributed by atoms with Gasteiger partial charge in [-0.3, -0.25) is 0 Å². The molecule has 0 saturated heterocycles. The van der Waals surface area contributed by atoms with E-state index >= 15 is 0 Å². The van der Waals surface area contributed by atoms with Gasteiger partial charge in [-0.2, -0.15) is 0 Å². The molecule has 0 heterocycles. The predicted molar refractivity (Wildman–Crippen MR) is 86.0 cm³/mol. The topological polar surface area (TPSA) is 44.5 Å². The first-order chi connectivity index (χ1) is 10.2. The fraction of sp³-hybridized carbons (Fsp3) is 0.333. The Morgan fingerprint density at radius 1 is 1.00 bits per heavy atom. The summed E-state index contributed by atoms with van der Waals surface area (Å²) in [5.74, 6) is 2.45. The van der Waals surface area contributed by atoms with Crippen LogP contribution < -0.4 is 15.2 Å². The van der Waals surface area contributed by atoms with Gasteiger partial charge in [0.25, 0.3) is 0 Å². The Morgan fingerprint density at radius 2 is 1.76 bits per heavy atom. The zero-order valence-corrected chi connectivity index (χ0v) is 12.7. The van der Waals surface area contributed by atoms with E-state index in [2.05, 4.69) is 6.92 Å². The summed E-state index contributed by atoms with van der Waals surface area (Å²) in [5, 5.41) is 0. The molecule has 0 aliphatic heterocycles. The molecule has 2 rings (SSSR count). The van der Waals surface area contributed by atoms with Gasteiger partial charge in [-0.05, 0) is 43.7 Å². The molecule has 2 aromatic carbocycles. The van der Waals surface area contributed by atoms with E-state index in [4.69, 9.17) is 15.2 Å². The van der Waals surface area contributed by atoms with Gasteiger partial charge in [-0.25, -0.2) is 0 Å². The molecule has 0 saturated carbocycles. The Hall–Kier alpha value is -2.00. The highest BCUT2D eigenvalue weighted by Gasteiger charge is 2.13. The molecule has 3 nitrogen and oxygen atoms in total. The first-order valence-corrected chi connectivity index (χ1v) is 7.49. The highest BCUT2D eigenvalue weighted by Crippen LogP contribution is 2.32. The van der Waals surface area contributed by atoms with Crippen molar-refractivity contribution in [2.24, 2.45) is 5.73 Å². The van der Waals surface area contributed by atoms with E-state index in [9.17, 15) is 0 Å². The number of rotatable bonds is 7. The Labute approximate surface area is 126 Å². The molecule has 0 aliphatic carbocycles. The van der Waals surface area contributed by atoms with Gasteiger partial charge in [-0.15, -0.1) is 0 Å². The predicted octanol–water partition coefficient (Wildman–Crippen LogP) is 4.68. The van der Waals surface area contributed by atoms with E-state index in [1.165, 1.54) is 0 Å². The van der Waals surface area contributed by atoms with Crippen molar-refractivity contribution in [3.63, 3.8) is 0 Å². The molecule has 3 heteroatoms. The molecule has 2 aromatic rings. The minimum absolute atomic E-state index is 0.0316. The van der Waals surface area contributed by atoms with Crippen molar-refractivity contribution in [2.75, 3.05) is 6.61 Å². The van der Waals surface area contributed by atoms with Crippen LogP contribution in [0.4, 0.5) is 0 Å². The molecular weight excluding hydrogens is 262 g/mol. The van der Waals surface area contributed by atoms with Gasteiger partial charge in [0.05, 0.1) is 6.61 Å². The summed E-state index contributed by atoms with van der Waals surface area (Å²) < 4.78 is 11.5. The van der Waals surface area contributed by atoms with E-state index in [0.29, 0.717) is 6.61 Å². The Kier molecular flexibility index (Phi) is 5.64. The maximum absolute atomic E-state index is 6.26. The molecule has 0 amide bonds. The Balaban J connectivity index is 2.25. The van der Waals surface area contributed by atoms with Gasteiger partial charge < -0.3 is 15.2 Å². The van der Waals surface area contributed by atoms with Crippen LogP contribution in [-0.4, -0.2) is 6.61 Å². The molecule has 112 valence electrons. The van der Waals surface area contributed by atoms with Crippen LogP contribution >= 0.6 is 0 Å². The van der Waals surface area contributed by atoms with Crippen LogP contribution in [0.3, 0.4) is 0 Å². The first kappa shape index (κ1) is 15.4. The summed E-state index contributed by atoms with van der Waals surface area (Å²) in [6, 6.07) is 15.5. The lowest BCUT2D eigenvalue weighted by Gasteiger charge is -2.17. The van der Waals surface area contributed by atoms with Gasteiger partial charge >= 0.3 is 0 Å². The van der Waals surface area contributed by atoms with Crippen LogP contribution in [0.2, 0.25) is 0 Å². The summed E-state index contributed by atoms with van der Waals surface area (Å²) in [4.78, 5) is 0. The van der Waals surface area contributed by atoms with Crippen LogP contribution in [0.15, 0.2) is 48.5 Å². The van der Waals surface area contributed by atoms with E-state index in [-0.39, 0.29) is 6.04 Å². The molecule has 2 N–H and O–H groups in total. The number of nitrogens with two attached hydrogens (primary N) is 1. The largest absolute Gasteiger partial charge is 0.494 e. The van der Waals surface area contributed by atoms with Gasteiger partial charge in [0.2, 0.25) is 0 Å². The third-order valence-corrected chi connectivity index (χ3v) is 3.26. The van der Waals surface area contributed by atoms with E-state index in [1.807, 2.05) is 55.5 Å². The smallest absolute Gasteiger partial charge is 0.128 e. The highest BCUT2D eigenvalue weighted by atomic mass is 16.5. The summed E-state index contributed by atoms with van der Waals surface area (Å²) in [6.45, 7) is 4.73. The zero-order chi connectivity index (χ0) is 15.1. The second-order valence-electron chi connectivity index (χ2n) is 4.94. The standard InChI is InChI=1S/C18H23NO2/c1-3-8-17(19)16-13-15(11-12-18(16)20-4-2)21-14-9-6-5-7-10-14/h5-7,9-13,17H,3-4,8,19H2,1-2H3. The van der Waals surface area contributed by atoms with Crippen molar-refractivity contribution in [3.05, 3.63) is 54.1 Å². The molecule has 1 unspecified atom stereocenters. The van der Waals surface area contributed by atoms with Crippen LogP contribution in [0, 0.1) is 0 Å². The number of hydrogen-bond donors (Lipinski definition) is 1. The zero-order valence-electron chi connectivity index (χ0n) is 12.7. The molecule has 0 aromatic heterocycles. The maximum Gasteiger partial charge on any atom is 0.128 e. The highest BCUT2D eigenvalue weighted by molar-refractivity contribution is 5.43. The van der Waals surface area contributed by atoms with Crippen molar-refractivity contribution in [3.8, 4) is 17.2 Å². The fourth-order valence-electron chi connectivity index (χ4n) is 2.26. The lowest BCUT2D eigenvalue weighted by atomic mass is 10.0. The van der Waals surface area contributed by atoms with Crippen molar-refractivity contribution in [2.45, 2.75) is 32.7 Å². The van der Waals surface area contributed by atoms with Crippen molar-refractivity contribution in [1.29, 1.82) is 0 Å². The average Bonchev–Trinajstić information content (AvgIpc) is 2.50. The quantitative estimate of drug-likeness (QED) is 0.803. The van der Waals surface area contributed by atoms with E-state index in [1.54, 1.807) is 0 Å². The molecule has 0 spiro atoms.